The molecule has 0 unspecified atom stereocenters. The molecule has 2 N–H and O–H groups in total. The molecule has 3 rings (SSSR count). The minimum absolute atomic E-state index is 0.271. The number of pyridine rings is 1. The predicted molar refractivity (Wildman–Crippen MR) is 117 cm³/mol. The molecule has 0 aliphatic heterocycles. The van der Waals surface area contributed by atoms with Crippen LogP contribution in [0.25, 0.3) is 0 Å². The zero-order valence-electron chi connectivity index (χ0n) is 16.6. The summed E-state index contributed by atoms with van der Waals surface area (Å²) in [4.78, 5) is 21.4. The third-order valence-electron chi connectivity index (χ3n) is 4.11. The summed E-state index contributed by atoms with van der Waals surface area (Å²) in [5.74, 6) is 1.10. The second-order valence-electron chi connectivity index (χ2n) is 6.14. The van der Waals surface area contributed by atoms with E-state index in [1.165, 1.54) is 0 Å². The Kier molecular flexibility index (Phi) is 7.24. The molecule has 7 nitrogen and oxygen atoms in total. The van der Waals surface area contributed by atoms with Gasteiger partial charge in [-0.1, -0.05) is 17.7 Å². The van der Waals surface area contributed by atoms with Gasteiger partial charge < -0.3 is 14.8 Å². The molecule has 0 bridgehead atoms. The van der Waals surface area contributed by atoms with E-state index in [0.717, 1.165) is 5.69 Å². The molecule has 0 fully saturated rings. The number of hydrogen-bond donors (Lipinski definition) is 2. The molecule has 154 valence electrons. The van der Waals surface area contributed by atoms with Crippen LogP contribution in [0.5, 0.6) is 11.5 Å². The number of ether oxygens (including phenoxy) is 2. The van der Waals surface area contributed by atoms with Crippen LogP contribution in [0.3, 0.4) is 0 Å². The van der Waals surface area contributed by atoms with Crippen LogP contribution < -0.4 is 20.1 Å². The molecule has 1 aromatic heterocycles. The number of amides is 1. The van der Waals surface area contributed by atoms with Gasteiger partial charge in [0.05, 0.1) is 26.5 Å². The van der Waals surface area contributed by atoms with Crippen LogP contribution in [0.2, 0.25) is 5.02 Å². The molecule has 0 atom stereocenters. The molecule has 30 heavy (non-hydrogen) atoms. The van der Waals surface area contributed by atoms with E-state index in [4.69, 9.17) is 21.1 Å². The number of methoxy groups -OCH3 is 2. The third kappa shape index (κ3) is 5.71. The average Bonchev–Trinajstić information content (AvgIpc) is 2.78. The molecule has 1 heterocycles. The summed E-state index contributed by atoms with van der Waals surface area (Å²) < 4.78 is 10.6. The van der Waals surface area contributed by atoms with Crippen LogP contribution in [0.15, 0.2) is 71.9 Å². The van der Waals surface area contributed by atoms with E-state index in [1.807, 2.05) is 18.2 Å². The summed E-state index contributed by atoms with van der Waals surface area (Å²) in [6, 6.07) is 17.5. The molecule has 2 aromatic carbocycles. The van der Waals surface area contributed by atoms with Gasteiger partial charge in [0.2, 0.25) is 5.96 Å². The summed E-state index contributed by atoms with van der Waals surface area (Å²) >= 11 is 5.90. The number of aliphatic imine (C=N–C) groups is 1. The zero-order chi connectivity index (χ0) is 21.3. The standard InChI is InChI=1S/C22H21ClN4O3/c1-29-19-11-10-17(13-20(19)30-2)26-22(25-14-18-5-3-4-12-24-18)27-21(28)15-6-8-16(23)9-7-15/h3-13H,14H2,1-2H3,(H2,25,26,27,28). The van der Waals surface area contributed by atoms with Crippen molar-refractivity contribution in [2.75, 3.05) is 19.5 Å². The minimum atomic E-state index is -0.320. The maximum atomic E-state index is 12.7. The van der Waals surface area contributed by atoms with Gasteiger partial charge in [0, 0.05) is 28.5 Å². The lowest BCUT2D eigenvalue weighted by molar-refractivity contribution is 0.0977. The summed E-state index contributed by atoms with van der Waals surface area (Å²) in [6.07, 6.45) is 1.69. The van der Waals surface area contributed by atoms with Crippen molar-refractivity contribution < 1.29 is 14.3 Å². The van der Waals surface area contributed by atoms with Crippen molar-refractivity contribution >= 4 is 29.2 Å². The first-order chi connectivity index (χ1) is 14.6. The van der Waals surface area contributed by atoms with Crippen LogP contribution in [0, 0.1) is 0 Å². The number of guanidine groups is 1. The van der Waals surface area contributed by atoms with E-state index in [0.29, 0.717) is 27.8 Å². The lowest BCUT2D eigenvalue weighted by atomic mass is 10.2. The number of nitrogens with one attached hydrogen (secondary N) is 2. The minimum Gasteiger partial charge on any atom is -0.493 e. The first-order valence-electron chi connectivity index (χ1n) is 9.09. The van der Waals surface area contributed by atoms with Gasteiger partial charge in [0.25, 0.3) is 5.91 Å². The van der Waals surface area contributed by atoms with Crippen molar-refractivity contribution in [2.45, 2.75) is 6.54 Å². The Balaban J connectivity index is 1.83. The number of anilines is 1. The molecular weight excluding hydrogens is 404 g/mol. The van der Waals surface area contributed by atoms with Gasteiger partial charge in [0.15, 0.2) is 11.5 Å². The molecule has 1 amide bonds. The summed E-state index contributed by atoms with van der Waals surface area (Å²) in [7, 11) is 3.12. The molecular formula is C22H21ClN4O3. The monoisotopic (exact) mass is 424 g/mol. The highest BCUT2D eigenvalue weighted by Gasteiger charge is 2.11. The maximum absolute atomic E-state index is 12.7. The van der Waals surface area contributed by atoms with Crippen molar-refractivity contribution in [2.24, 2.45) is 4.99 Å². The Morgan fingerprint density at radius 1 is 1.03 bits per heavy atom. The third-order valence-corrected chi connectivity index (χ3v) is 4.36. The second kappa shape index (κ2) is 10.3. The van der Waals surface area contributed by atoms with Crippen LogP contribution in [0.1, 0.15) is 16.1 Å². The Bertz CT molecular complexity index is 1020. The van der Waals surface area contributed by atoms with Gasteiger partial charge in [-0.25, -0.2) is 4.99 Å². The van der Waals surface area contributed by atoms with E-state index in [9.17, 15) is 4.79 Å². The molecule has 0 radical (unpaired) electrons. The molecule has 0 aliphatic rings. The van der Waals surface area contributed by atoms with Crippen molar-refractivity contribution in [3.8, 4) is 11.5 Å². The summed E-state index contributed by atoms with van der Waals surface area (Å²) in [5.41, 5.74) is 1.90. The number of rotatable bonds is 6. The van der Waals surface area contributed by atoms with Crippen molar-refractivity contribution in [3.63, 3.8) is 0 Å². The fourth-order valence-electron chi connectivity index (χ4n) is 2.59. The number of aromatic nitrogens is 1. The highest BCUT2D eigenvalue weighted by Crippen LogP contribution is 2.29. The van der Waals surface area contributed by atoms with Gasteiger partial charge in [-0.2, -0.15) is 0 Å². The lowest BCUT2D eigenvalue weighted by Gasteiger charge is -2.14. The van der Waals surface area contributed by atoms with Crippen LogP contribution >= 0.6 is 11.6 Å². The lowest BCUT2D eigenvalue weighted by Crippen LogP contribution is -2.36. The van der Waals surface area contributed by atoms with Gasteiger partial charge >= 0.3 is 0 Å². The van der Waals surface area contributed by atoms with E-state index < -0.39 is 0 Å². The van der Waals surface area contributed by atoms with Gasteiger partial charge in [0.1, 0.15) is 0 Å². The molecule has 0 spiro atoms. The molecule has 0 aliphatic carbocycles. The fraction of sp³-hybridized carbons (Fsp3) is 0.136. The normalized spacial score (nSPS) is 11.0. The van der Waals surface area contributed by atoms with E-state index in [-0.39, 0.29) is 18.4 Å². The van der Waals surface area contributed by atoms with E-state index in [2.05, 4.69) is 20.6 Å². The summed E-state index contributed by atoms with van der Waals surface area (Å²) in [5, 5.41) is 6.47. The molecule has 0 saturated heterocycles. The quantitative estimate of drug-likeness (QED) is 0.458. The predicted octanol–water partition coefficient (Wildman–Crippen LogP) is 4.15. The fourth-order valence-corrected chi connectivity index (χ4v) is 2.72. The number of halogens is 1. The van der Waals surface area contributed by atoms with Crippen molar-refractivity contribution in [3.05, 3.63) is 83.1 Å². The molecule has 3 aromatic rings. The van der Waals surface area contributed by atoms with Crippen molar-refractivity contribution in [1.82, 2.24) is 10.3 Å². The van der Waals surface area contributed by atoms with Gasteiger partial charge in [-0.05, 0) is 48.5 Å². The highest BCUT2D eigenvalue weighted by molar-refractivity contribution is 6.30. The second-order valence-corrected chi connectivity index (χ2v) is 6.58. The Hall–Kier alpha value is -3.58. The topological polar surface area (TPSA) is 84.8 Å². The van der Waals surface area contributed by atoms with Gasteiger partial charge in [-0.3, -0.25) is 15.1 Å². The van der Waals surface area contributed by atoms with Crippen LogP contribution in [0.4, 0.5) is 5.69 Å². The Morgan fingerprint density at radius 2 is 1.80 bits per heavy atom. The zero-order valence-corrected chi connectivity index (χ0v) is 17.3. The van der Waals surface area contributed by atoms with E-state index >= 15 is 0 Å². The van der Waals surface area contributed by atoms with Crippen LogP contribution in [-0.4, -0.2) is 31.1 Å². The molecule has 8 heteroatoms. The highest BCUT2D eigenvalue weighted by atomic mass is 35.5. The van der Waals surface area contributed by atoms with E-state index in [1.54, 1.807) is 62.9 Å². The largest absolute Gasteiger partial charge is 0.493 e. The average molecular weight is 425 g/mol. The van der Waals surface area contributed by atoms with Gasteiger partial charge in [-0.15, -0.1) is 0 Å². The number of hydrogen-bond acceptors (Lipinski definition) is 5. The SMILES string of the molecule is COc1ccc(NC(=NCc2ccccn2)NC(=O)c2ccc(Cl)cc2)cc1OC. The number of carbonyl (C=O) groups excluding carboxylic acids is 1. The molecule has 0 saturated carbocycles. The van der Waals surface area contributed by atoms with Crippen molar-refractivity contribution in [1.29, 1.82) is 0 Å². The number of carbonyl (C=O) groups is 1. The first-order valence-corrected chi connectivity index (χ1v) is 9.47. The smallest absolute Gasteiger partial charge is 0.257 e. The number of nitrogens with zero attached hydrogens (tertiary/aromatic N) is 2. The summed E-state index contributed by atoms with van der Waals surface area (Å²) in [6.45, 7) is 0.289. The number of benzene rings is 2. The Labute approximate surface area is 179 Å². The maximum Gasteiger partial charge on any atom is 0.257 e. The first kappa shape index (κ1) is 21.1. The van der Waals surface area contributed by atoms with Crippen LogP contribution in [-0.2, 0) is 6.54 Å². The Morgan fingerprint density at radius 3 is 2.47 bits per heavy atom.